The Balaban J connectivity index is 2.60. The monoisotopic (exact) mass is 298 g/mol. The van der Waals surface area contributed by atoms with E-state index in [4.69, 9.17) is 28.9 Å². The number of hydrogen-bond donors (Lipinski definition) is 1. The highest BCUT2D eigenvalue weighted by Crippen LogP contribution is 2.30. The van der Waals surface area contributed by atoms with Crippen LogP contribution in [0, 0.1) is 0 Å². The maximum absolute atomic E-state index is 6.21. The molecule has 2 rings (SSSR count). The first-order chi connectivity index (χ1) is 9.10. The molecule has 0 aliphatic carbocycles. The van der Waals surface area contributed by atoms with Crippen LogP contribution >= 0.6 is 23.2 Å². The molecule has 1 aromatic carbocycles. The number of rotatable bonds is 4. The zero-order valence-corrected chi connectivity index (χ0v) is 12.4. The molecule has 0 saturated heterocycles. The van der Waals surface area contributed by atoms with E-state index in [9.17, 15) is 0 Å². The third kappa shape index (κ3) is 2.61. The Labute approximate surface area is 122 Å². The van der Waals surface area contributed by atoms with Crippen LogP contribution in [0.4, 0.5) is 0 Å². The third-order valence-corrected chi connectivity index (χ3v) is 3.68. The van der Waals surface area contributed by atoms with Gasteiger partial charge in [0, 0.05) is 0 Å². The smallest absolute Gasteiger partial charge is 0.104 e. The van der Waals surface area contributed by atoms with Gasteiger partial charge in [-0.25, -0.2) is 4.68 Å². The van der Waals surface area contributed by atoms with E-state index in [1.807, 2.05) is 13.8 Å². The number of nitrogens with zero attached hydrogens (tertiary/aromatic N) is 3. The molecule has 1 unspecified atom stereocenters. The molecule has 4 nitrogen and oxygen atoms in total. The largest absolute Gasteiger partial charge is 0.323 e. The molecule has 1 atom stereocenters. The third-order valence-electron chi connectivity index (χ3n) is 3.07. The summed E-state index contributed by atoms with van der Waals surface area (Å²) in [6.45, 7) is 4.05. The molecule has 0 radical (unpaired) electrons. The van der Waals surface area contributed by atoms with Crippen molar-refractivity contribution in [3.63, 3.8) is 0 Å². The molecule has 0 aliphatic rings. The van der Waals surface area contributed by atoms with Gasteiger partial charge in [-0.1, -0.05) is 48.3 Å². The summed E-state index contributed by atoms with van der Waals surface area (Å²) < 4.78 is 1.69. The lowest BCUT2D eigenvalue weighted by atomic mass is 10.1. The van der Waals surface area contributed by atoms with Gasteiger partial charge >= 0.3 is 0 Å². The summed E-state index contributed by atoms with van der Waals surface area (Å²) in [6, 6.07) is 5.24. The lowest BCUT2D eigenvalue weighted by Gasteiger charge is -2.11. The fourth-order valence-corrected chi connectivity index (χ4v) is 2.55. The fourth-order valence-electron chi connectivity index (χ4n) is 2.00. The standard InChI is InChI=1S/C13H16Cl2N4/c1-3-10(16)12-11(4-2)19(18-17-12)13-8(14)6-5-7-9(13)15/h5-7,10H,3-4,16H2,1-2H3. The molecule has 19 heavy (non-hydrogen) atoms. The minimum Gasteiger partial charge on any atom is -0.323 e. The van der Waals surface area contributed by atoms with Crippen molar-refractivity contribution < 1.29 is 0 Å². The molecule has 0 fully saturated rings. The van der Waals surface area contributed by atoms with E-state index in [0.717, 1.165) is 24.2 Å². The Hall–Kier alpha value is -1.10. The molecule has 1 heterocycles. The van der Waals surface area contributed by atoms with Gasteiger partial charge in [0.25, 0.3) is 0 Å². The van der Waals surface area contributed by atoms with Crippen molar-refractivity contribution in [3.8, 4) is 5.69 Å². The summed E-state index contributed by atoms with van der Waals surface area (Å²) in [5.41, 5.74) is 8.47. The number of para-hydroxylation sites is 1. The molecule has 2 aromatic rings. The number of hydrogen-bond acceptors (Lipinski definition) is 3. The van der Waals surface area contributed by atoms with Crippen molar-refractivity contribution in [2.24, 2.45) is 5.73 Å². The van der Waals surface area contributed by atoms with E-state index >= 15 is 0 Å². The number of aromatic nitrogens is 3. The lowest BCUT2D eigenvalue weighted by Crippen LogP contribution is -2.12. The van der Waals surface area contributed by atoms with Crippen LogP contribution in [-0.2, 0) is 6.42 Å². The van der Waals surface area contributed by atoms with Gasteiger partial charge in [0.05, 0.1) is 21.8 Å². The van der Waals surface area contributed by atoms with Crippen molar-refractivity contribution in [3.05, 3.63) is 39.6 Å². The molecule has 1 aromatic heterocycles. The normalized spacial score (nSPS) is 12.7. The average Bonchev–Trinajstić information content (AvgIpc) is 2.81. The van der Waals surface area contributed by atoms with Crippen molar-refractivity contribution >= 4 is 23.2 Å². The Morgan fingerprint density at radius 3 is 2.42 bits per heavy atom. The van der Waals surface area contributed by atoms with E-state index in [0.29, 0.717) is 15.7 Å². The summed E-state index contributed by atoms with van der Waals surface area (Å²) >= 11 is 12.4. The first-order valence-electron chi connectivity index (χ1n) is 6.24. The maximum atomic E-state index is 6.21. The van der Waals surface area contributed by atoms with Crippen molar-refractivity contribution in [1.82, 2.24) is 15.0 Å². The first kappa shape index (κ1) is 14.3. The van der Waals surface area contributed by atoms with E-state index < -0.39 is 0 Å². The summed E-state index contributed by atoms with van der Waals surface area (Å²) in [6.07, 6.45) is 1.57. The molecule has 2 N–H and O–H groups in total. The van der Waals surface area contributed by atoms with Crippen LogP contribution in [0.5, 0.6) is 0 Å². The Kier molecular flexibility index (Phi) is 4.45. The highest BCUT2D eigenvalue weighted by molar-refractivity contribution is 6.37. The predicted molar refractivity (Wildman–Crippen MR) is 78.0 cm³/mol. The van der Waals surface area contributed by atoms with Gasteiger partial charge in [0.1, 0.15) is 11.4 Å². The second-order valence-electron chi connectivity index (χ2n) is 4.27. The van der Waals surface area contributed by atoms with E-state index in [1.54, 1.807) is 22.9 Å². The van der Waals surface area contributed by atoms with Crippen LogP contribution in [0.2, 0.25) is 10.0 Å². The van der Waals surface area contributed by atoms with Crippen molar-refractivity contribution in [2.75, 3.05) is 0 Å². The van der Waals surface area contributed by atoms with Crippen LogP contribution in [0.1, 0.15) is 37.7 Å². The van der Waals surface area contributed by atoms with Gasteiger partial charge < -0.3 is 5.73 Å². The van der Waals surface area contributed by atoms with Gasteiger partial charge in [-0.3, -0.25) is 0 Å². The number of nitrogens with two attached hydrogens (primary N) is 1. The SMILES string of the molecule is CCc1c(C(N)CC)nnn1-c1c(Cl)cccc1Cl. The Bertz CT molecular complexity index is 560. The molecule has 0 aliphatic heterocycles. The van der Waals surface area contributed by atoms with Gasteiger partial charge in [-0.15, -0.1) is 5.10 Å². The van der Waals surface area contributed by atoms with Crippen LogP contribution in [0.3, 0.4) is 0 Å². The van der Waals surface area contributed by atoms with Crippen LogP contribution in [0.25, 0.3) is 5.69 Å². The summed E-state index contributed by atoms with van der Waals surface area (Å²) in [5.74, 6) is 0. The number of benzene rings is 1. The van der Waals surface area contributed by atoms with E-state index in [2.05, 4.69) is 10.3 Å². The quantitative estimate of drug-likeness (QED) is 0.939. The van der Waals surface area contributed by atoms with E-state index in [1.165, 1.54) is 0 Å². The average molecular weight is 299 g/mol. The van der Waals surface area contributed by atoms with Gasteiger partial charge in [-0.2, -0.15) is 0 Å². The highest BCUT2D eigenvalue weighted by Gasteiger charge is 2.20. The molecule has 0 saturated carbocycles. The van der Waals surface area contributed by atoms with Crippen LogP contribution in [0.15, 0.2) is 18.2 Å². The summed E-state index contributed by atoms with van der Waals surface area (Å²) in [5, 5.41) is 9.44. The van der Waals surface area contributed by atoms with Gasteiger partial charge in [0.15, 0.2) is 0 Å². The predicted octanol–water partition coefficient (Wildman–Crippen LogP) is 3.55. The minimum atomic E-state index is -0.120. The molecular formula is C13H16Cl2N4. The first-order valence-corrected chi connectivity index (χ1v) is 7.00. The topological polar surface area (TPSA) is 56.7 Å². The zero-order chi connectivity index (χ0) is 14.0. The second kappa shape index (κ2) is 5.90. The number of halogens is 2. The van der Waals surface area contributed by atoms with Gasteiger partial charge in [0.2, 0.25) is 0 Å². The van der Waals surface area contributed by atoms with Crippen LogP contribution < -0.4 is 5.73 Å². The Morgan fingerprint density at radius 2 is 1.89 bits per heavy atom. The minimum absolute atomic E-state index is 0.120. The zero-order valence-electron chi connectivity index (χ0n) is 10.9. The van der Waals surface area contributed by atoms with Crippen LogP contribution in [-0.4, -0.2) is 15.0 Å². The Morgan fingerprint density at radius 1 is 1.26 bits per heavy atom. The maximum Gasteiger partial charge on any atom is 0.104 e. The van der Waals surface area contributed by atoms with Crippen molar-refractivity contribution in [1.29, 1.82) is 0 Å². The van der Waals surface area contributed by atoms with Gasteiger partial charge in [-0.05, 0) is 25.0 Å². The molecule has 0 bridgehead atoms. The summed E-state index contributed by atoms with van der Waals surface area (Å²) in [4.78, 5) is 0. The highest BCUT2D eigenvalue weighted by atomic mass is 35.5. The second-order valence-corrected chi connectivity index (χ2v) is 5.09. The molecule has 0 amide bonds. The molecule has 102 valence electrons. The molecular weight excluding hydrogens is 283 g/mol. The summed E-state index contributed by atoms with van der Waals surface area (Å²) in [7, 11) is 0. The van der Waals surface area contributed by atoms with Crippen molar-refractivity contribution in [2.45, 2.75) is 32.7 Å². The lowest BCUT2D eigenvalue weighted by molar-refractivity contribution is 0.665. The fraction of sp³-hybridized carbons (Fsp3) is 0.385. The molecule has 0 spiro atoms. The molecule has 6 heteroatoms. The van der Waals surface area contributed by atoms with E-state index in [-0.39, 0.29) is 6.04 Å².